The number of halogens is 1. The topological polar surface area (TPSA) is 49.4 Å². The van der Waals surface area contributed by atoms with E-state index in [0.717, 1.165) is 5.56 Å². The van der Waals surface area contributed by atoms with E-state index in [4.69, 9.17) is 11.6 Å². The van der Waals surface area contributed by atoms with Crippen molar-refractivity contribution >= 4 is 23.4 Å². The first-order valence-corrected chi connectivity index (χ1v) is 5.77. The number of nitrogens with zero attached hydrogens (tertiary/aromatic N) is 1. The van der Waals surface area contributed by atoms with Crippen LogP contribution < -0.4 is 5.32 Å². The Morgan fingerprint density at radius 2 is 1.82 bits per heavy atom. The van der Waals surface area contributed by atoms with Crippen molar-refractivity contribution in [2.45, 2.75) is 13.0 Å². The van der Waals surface area contributed by atoms with Crippen molar-refractivity contribution in [3.63, 3.8) is 0 Å². The van der Waals surface area contributed by atoms with Gasteiger partial charge < -0.3 is 0 Å². The zero-order valence-electron chi connectivity index (χ0n) is 9.44. The molecular formula is C12H13ClN2O2. The van der Waals surface area contributed by atoms with E-state index in [9.17, 15) is 9.59 Å². The summed E-state index contributed by atoms with van der Waals surface area (Å²) in [6.45, 7) is 2.38. The fourth-order valence-electron chi connectivity index (χ4n) is 1.94. The number of piperazine rings is 1. The number of rotatable bonds is 2. The van der Waals surface area contributed by atoms with Gasteiger partial charge in [0.25, 0.3) is 0 Å². The summed E-state index contributed by atoms with van der Waals surface area (Å²) in [5.74, 6) is -0.527. The van der Waals surface area contributed by atoms with Crippen LogP contribution in [0.3, 0.4) is 0 Å². The largest absolute Gasteiger partial charge is 0.294 e. The molecule has 1 fully saturated rings. The van der Waals surface area contributed by atoms with Gasteiger partial charge in [-0.3, -0.25) is 19.8 Å². The van der Waals surface area contributed by atoms with E-state index in [1.807, 2.05) is 30.0 Å². The number of benzene rings is 1. The second kappa shape index (κ2) is 4.85. The van der Waals surface area contributed by atoms with Crippen molar-refractivity contribution in [2.75, 3.05) is 13.1 Å². The molecule has 1 aromatic rings. The molecule has 1 unspecified atom stereocenters. The number of carbonyl (C=O) groups is 2. The van der Waals surface area contributed by atoms with Gasteiger partial charge in [-0.2, -0.15) is 0 Å². The summed E-state index contributed by atoms with van der Waals surface area (Å²) in [5, 5.41) is 2.93. The fourth-order valence-corrected chi connectivity index (χ4v) is 2.24. The third-order valence-electron chi connectivity index (χ3n) is 2.88. The zero-order valence-corrected chi connectivity index (χ0v) is 10.2. The van der Waals surface area contributed by atoms with E-state index in [1.165, 1.54) is 0 Å². The van der Waals surface area contributed by atoms with E-state index in [-0.39, 0.29) is 30.9 Å². The van der Waals surface area contributed by atoms with Crippen LogP contribution >= 0.6 is 11.6 Å². The quantitative estimate of drug-likeness (QED) is 0.809. The molecule has 2 amide bonds. The van der Waals surface area contributed by atoms with Crippen LogP contribution in [0.2, 0.25) is 5.02 Å². The van der Waals surface area contributed by atoms with Crippen molar-refractivity contribution in [2.24, 2.45) is 0 Å². The molecule has 1 saturated heterocycles. The molecule has 0 bridgehead atoms. The highest BCUT2D eigenvalue weighted by Crippen LogP contribution is 2.27. The smallest absolute Gasteiger partial charge is 0.240 e. The highest BCUT2D eigenvalue weighted by molar-refractivity contribution is 6.31. The Morgan fingerprint density at radius 3 is 2.41 bits per heavy atom. The van der Waals surface area contributed by atoms with Crippen LogP contribution in [0.5, 0.6) is 0 Å². The molecule has 1 N–H and O–H groups in total. The first kappa shape index (κ1) is 12.1. The third kappa shape index (κ3) is 2.65. The Balaban J connectivity index is 2.20. The van der Waals surface area contributed by atoms with Gasteiger partial charge in [0.05, 0.1) is 13.1 Å². The van der Waals surface area contributed by atoms with E-state index >= 15 is 0 Å². The Labute approximate surface area is 105 Å². The third-order valence-corrected chi connectivity index (χ3v) is 3.22. The lowest BCUT2D eigenvalue weighted by atomic mass is 10.1. The predicted molar refractivity (Wildman–Crippen MR) is 64.6 cm³/mol. The number of hydrogen-bond acceptors (Lipinski definition) is 3. The van der Waals surface area contributed by atoms with E-state index in [0.29, 0.717) is 5.02 Å². The molecule has 17 heavy (non-hydrogen) atoms. The molecule has 0 aliphatic carbocycles. The first-order chi connectivity index (χ1) is 8.08. The molecule has 90 valence electrons. The summed E-state index contributed by atoms with van der Waals surface area (Å²) in [6.07, 6.45) is 0. The molecule has 1 heterocycles. The number of nitrogens with one attached hydrogen (secondary N) is 1. The van der Waals surface area contributed by atoms with Crippen molar-refractivity contribution in [3.05, 3.63) is 34.9 Å². The molecular weight excluding hydrogens is 240 g/mol. The fraction of sp³-hybridized carbons (Fsp3) is 0.333. The summed E-state index contributed by atoms with van der Waals surface area (Å²) >= 11 is 6.10. The van der Waals surface area contributed by atoms with Crippen molar-refractivity contribution in [1.82, 2.24) is 10.2 Å². The van der Waals surface area contributed by atoms with Crippen LogP contribution in [0, 0.1) is 0 Å². The zero-order chi connectivity index (χ0) is 12.4. The van der Waals surface area contributed by atoms with Gasteiger partial charge in [-0.05, 0) is 18.6 Å². The summed E-state index contributed by atoms with van der Waals surface area (Å²) in [6, 6.07) is 7.40. The van der Waals surface area contributed by atoms with Crippen LogP contribution in [-0.2, 0) is 9.59 Å². The molecule has 0 radical (unpaired) electrons. The number of amides is 2. The summed E-state index contributed by atoms with van der Waals surface area (Å²) in [4.78, 5) is 24.4. The molecule has 0 spiro atoms. The van der Waals surface area contributed by atoms with Gasteiger partial charge in [0.1, 0.15) is 0 Å². The van der Waals surface area contributed by atoms with Crippen LogP contribution in [0.25, 0.3) is 0 Å². The van der Waals surface area contributed by atoms with Crippen LogP contribution in [0.15, 0.2) is 24.3 Å². The number of imide groups is 1. The summed E-state index contributed by atoms with van der Waals surface area (Å²) in [7, 11) is 0. The van der Waals surface area contributed by atoms with Crippen LogP contribution in [0.1, 0.15) is 18.5 Å². The minimum Gasteiger partial charge on any atom is -0.294 e. The summed E-state index contributed by atoms with van der Waals surface area (Å²) < 4.78 is 0. The highest BCUT2D eigenvalue weighted by Gasteiger charge is 2.27. The van der Waals surface area contributed by atoms with Crippen LogP contribution in [-0.4, -0.2) is 29.8 Å². The van der Waals surface area contributed by atoms with Gasteiger partial charge in [0.15, 0.2) is 0 Å². The van der Waals surface area contributed by atoms with Gasteiger partial charge in [-0.1, -0.05) is 29.8 Å². The van der Waals surface area contributed by atoms with Crippen molar-refractivity contribution in [3.8, 4) is 0 Å². The van der Waals surface area contributed by atoms with Gasteiger partial charge in [0.2, 0.25) is 11.8 Å². The normalized spacial score (nSPS) is 18.9. The standard InChI is InChI=1S/C12H13ClN2O2/c1-8(9-4-2-3-5-10(9)13)15-6-11(16)14-12(17)7-15/h2-5,8H,6-7H2,1H3,(H,14,16,17). The Kier molecular flexibility index (Phi) is 3.45. The maximum absolute atomic E-state index is 11.3. The minimum atomic E-state index is -0.264. The van der Waals surface area contributed by atoms with Gasteiger partial charge in [-0.25, -0.2) is 0 Å². The molecule has 1 aromatic carbocycles. The number of carbonyl (C=O) groups excluding carboxylic acids is 2. The van der Waals surface area contributed by atoms with Gasteiger partial charge in [-0.15, -0.1) is 0 Å². The molecule has 2 rings (SSSR count). The monoisotopic (exact) mass is 252 g/mol. The average Bonchev–Trinajstić information content (AvgIpc) is 2.27. The van der Waals surface area contributed by atoms with Gasteiger partial charge >= 0.3 is 0 Å². The molecule has 1 aliphatic rings. The Morgan fingerprint density at radius 1 is 1.24 bits per heavy atom. The summed E-state index contributed by atoms with van der Waals surface area (Å²) in [5.41, 5.74) is 0.927. The SMILES string of the molecule is CC(c1ccccc1Cl)N1CC(=O)NC(=O)C1. The first-order valence-electron chi connectivity index (χ1n) is 5.39. The molecule has 0 aromatic heterocycles. The molecule has 4 nitrogen and oxygen atoms in total. The average molecular weight is 253 g/mol. The van der Waals surface area contributed by atoms with Crippen molar-refractivity contribution in [1.29, 1.82) is 0 Å². The lowest BCUT2D eigenvalue weighted by molar-refractivity contribution is -0.137. The van der Waals surface area contributed by atoms with Gasteiger partial charge in [0, 0.05) is 11.1 Å². The molecule has 1 aliphatic heterocycles. The Bertz CT molecular complexity index is 446. The highest BCUT2D eigenvalue weighted by atomic mass is 35.5. The second-order valence-corrected chi connectivity index (χ2v) is 4.48. The maximum atomic E-state index is 11.3. The lowest BCUT2D eigenvalue weighted by Crippen LogP contribution is -2.51. The van der Waals surface area contributed by atoms with Crippen molar-refractivity contribution < 1.29 is 9.59 Å². The number of hydrogen-bond donors (Lipinski definition) is 1. The molecule has 5 heteroatoms. The molecule has 0 saturated carbocycles. The predicted octanol–water partition coefficient (Wildman–Crippen LogP) is 1.36. The molecule has 1 atom stereocenters. The second-order valence-electron chi connectivity index (χ2n) is 4.07. The van der Waals surface area contributed by atoms with E-state index < -0.39 is 0 Å². The Hall–Kier alpha value is -1.39. The van der Waals surface area contributed by atoms with E-state index in [2.05, 4.69) is 5.32 Å². The maximum Gasteiger partial charge on any atom is 0.240 e. The van der Waals surface area contributed by atoms with Crippen LogP contribution in [0.4, 0.5) is 0 Å². The van der Waals surface area contributed by atoms with E-state index in [1.54, 1.807) is 6.07 Å². The lowest BCUT2D eigenvalue weighted by Gasteiger charge is -2.31. The minimum absolute atomic E-state index is 0.0568.